The lowest BCUT2D eigenvalue weighted by molar-refractivity contribution is 0.0916. The molecule has 0 aromatic carbocycles. The molecule has 1 aliphatic heterocycles. The van der Waals surface area contributed by atoms with Crippen molar-refractivity contribution in [3.05, 3.63) is 10.6 Å². The first-order valence-corrected chi connectivity index (χ1v) is 9.38. The van der Waals surface area contributed by atoms with Crippen molar-refractivity contribution < 1.29 is 13.2 Å². The number of rotatable bonds is 1. The van der Waals surface area contributed by atoms with E-state index in [-0.39, 0.29) is 22.7 Å². The monoisotopic (exact) mass is 314 g/mol. The number of thiazole rings is 1. The van der Waals surface area contributed by atoms with Crippen molar-refractivity contribution in [3.8, 4) is 0 Å². The minimum atomic E-state index is -2.89. The molecule has 3 rings (SSSR count). The molecule has 5 nitrogen and oxygen atoms in total. The lowest BCUT2D eigenvalue weighted by atomic mass is 9.78. The molecule has 0 unspecified atom stereocenters. The first-order valence-electron chi connectivity index (χ1n) is 6.74. The molecule has 1 aliphatic carbocycles. The van der Waals surface area contributed by atoms with Crippen molar-refractivity contribution in [2.45, 2.75) is 26.7 Å². The van der Waals surface area contributed by atoms with Gasteiger partial charge in [-0.25, -0.2) is 13.4 Å². The Morgan fingerprint density at radius 3 is 2.50 bits per heavy atom. The van der Waals surface area contributed by atoms with Gasteiger partial charge in [0.1, 0.15) is 0 Å². The fraction of sp³-hybridized carbons (Fsp3) is 0.692. The molecule has 1 aromatic rings. The molecule has 0 saturated carbocycles. The topological polar surface area (TPSA) is 67.3 Å². The molecule has 2 heterocycles. The fourth-order valence-corrected chi connectivity index (χ4v) is 5.02. The quantitative estimate of drug-likeness (QED) is 0.786. The second-order valence-electron chi connectivity index (χ2n) is 6.35. The predicted molar refractivity (Wildman–Crippen MR) is 79.4 cm³/mol. The fourth-order valence-electron chi connectivity index (χ4n) is 2.75. The van der Waals surface area contributed by atoms with Crippen molar-refractivity contribution in [2.24, 2.45) is 5.41 Å². The smallest absolute Gasteiger partial charge is 0.186 e. The van der Waals surface area contributed by atoms with E-state index in [2.05, 4.69) is 18.8 Å². The van der Waals surface area contributed by atoms with Gasteiger partial charge in [0.05, 0.1) is 22.1 Å². The van der Waals surface area contributed by atoms with Gasteiger partial charge in [-0.3, -0.25) is 4.79 Å². The molecule has 1 aromatic heterocycles. The van der Waals surface area contributed by atoms with Gasteiger partial charge in [-0.05, 0) is 11.8 Å². The summed E-state index contributed by atoms with van der Waals surface area (Å²) in [5, 5.41) is 0.802. The Morgan fingerprint density at radius 2 is 1.85 bits per heavy atom. The first-order chi connectivity index (χ1) is 9.26. The van der Waals surface area contributed by atoms with Crippen LogP contribution in [0, 0.1) is 5.41 Å². The van der Waals surface area contributed by atoms with Gasteiger partial charge in [-0.15, -0.1) is 0 Å². The summed E-state index contributed by atoms with van der Waals surface area (Å²) in [6.45, 7) is 5.12. The highest BCUT2D eigenvalue weighted by molar-refractivity contribution is 7.91. The zero-order chi connectivity index (χ0) is 14.5. The molecule has 1 fully saturated rings. The van der Waals surface area contributed by atoms with Crippen LogP contribution in [-0.2, 0) is 16.3 Å². The van der Waals surface area contributed by atoms with E-state index in [1.54, 1.807) is 0 Å². The van der Waals surface area contributed by atoms with E-state index in [1.807, 2.05) is 4.90 Å². The minimum Gasteiger partial charge on any atom is -0.346 e. The van der Waals surface area contributed by atoms with Gasteiger partial charge < -0.3 is 4.90 Å². The van der Waals surface area contributed by atoms with E-state index in [0.29, 0.717) is 19.5 Å². The molecule has 1 saturated heterocycles. The third-order valence-corrected chi connectivity index (χ3v) is 6.65. The zero-order valence-corrected chi connectivity index (χ0v) is 13.3. The summed E-state index contributed by atoms with van der Waals surface area (Å²) < 4.78 is 22.9. The SMILES string of the molecule is CC1(C)CC(=O)c2sc(N3CCS(=O)(=O)CC3)nc2C1. The Morgan fingerprint density at radius 1 is 1.20 bits per heavy atom. The standard InChI is InChI=1S/C13H18N2O3S2/c1-13(2)7-9-11(10(16)8-13)19-12(14-9)15-3-5-20(17,18)6-4-15/h3-8H2,1-2H3. The summed E-state index contributed by atoms with van der Waals surface area (Å²) in [6.07, 6.45) is 1.38. The maximum Gasteiger partial charge on any atom is 0.186 e. The van der Waals surface area contributed by atoms with Crippen LogP contribution in [-0.4, -0.2) is 43.8 Å². The molecule has 0 amide bonds. The van der Waals surface area contributed by atoms with Gasteiger partial charge in [0.2, 0.25) is 0 Å². The number of carbonyl (C=O) groups is 1. The molecule has 2 aliphatic rings. The summed E-state index contributed by atoms with van der Waals surface area (Å²) in [7, 11) is -2.89. The molecule has 0 bridgehead atoms. The van der Waals surface area contributed by atoms with Crippen LogP contribution in [0.3, 0.4) is 0 Å². The summed E-state index contributed by atoms with van der Waals surface area (Å²) in [6, 6.07) is 0. The number of aromatic nitrogens is 1. The Bertz CT molecular complexity index is 647. The maximum absolute atomic E-state index is 12.2. The van der Waals surface area contributed by atoms with Gasteiger partial charge in [0.25, 0.3) is 0 Å². The Labute approximate surface area is 122 Å². The van der Waals surface area contributed by atoms with E-state index in [4.69, 9.17) is 0 Å². The molecular weight excluding hydrogens is 296 g/mol. The van der Waals surface area contributed by atoms with Crippen molar-refractivity contribution in [3.63, 3.8) is 0 Å². The second-order valence-corrected chi connectivity index (χ2v) is 9.63. The normalized spacial score (nSPS) is 24.5. The van der Waals surface area contributed by atoms with Gasteiger partial charge in [0, 0.05) is 19.5 Å². The number of hydrogen-bond donors (Lipinski definition) is 0. The Kier molecular flexibility index (Phi) is 3.17. The van der Waals surface area contributed by atoms with Crippen molar-refractivity contribution in [1.82, 2.24) is 4.98 Å². The number of fused-ring (bicyclic) bond motifs is 1. The molecule has 0 N–H and O–H groups in total. The van der Waals surface area contributed by atoms with Gasteiger partial charge >= 0.3 is 0 Å². The molecule has 7 heteroatoms. The van der Waals surface area contributed by atoms with Crippen molar-refractivity contribution in [2.75, 3.05) is 29.5 Å². The highest BCUT2D eigenvalue weighted by Crippen LogP contribution is 2.39. The largest absolute Gasteiger partial charge is 0.346 e. The Hall–Kier alpha value is -0.950. The second kappa shape index (κ2) is 4.53. The van der Waals surface area contributed by atoms with Gasteiger partial charge in [-0.2, -0.15) is 0 Å². The predicted octanol–water partition coefficient (Wildman–Crippen LogP) is 1.53. The third kappa shape index (κ3) is 2.61. The number of hydrogen-bond acceptors (Lipinski definition) is 6. The number of sulfone groups is 1. The van der Waals surface area contributed by atoms with E-state index in [0.717, 1.165) is 22.1 Å². The number of ketones is 1. The number of anilines is 1. The van der Waals surface area contributed by atoms with Crippen LogP contribution < -0.4 is 4.90 Å². The maximum atomic E-state index is 12.2. The summed E-state index contributed by atoms with van der Waals surface area (Å²) in [5.74, 6) is 0.525. The first kappa shape index (κ1) is 14.0. The van der Waals surface area contributed by atoms with Crippen LogP contribution in [0.25, 0.3) is 0 Å². The summed E-state index contributed by atoms with van der Waals surface area (Å²) >= 11 is 1.42. The van der Waals surface area contributed by atoms with Crippen LogP contribution in [0.1, 0.15) is 35.6 Å². The molecule has 20 heavy (non-hydrogen) atoms. The van der Waals surface area contributed by atoms with Crippen molar-refractivity contribution >= 4 is 32.1 Å². The van der Waals surface area contributed by atoms with Gasteiger partial charge in [0.15, 0.2) is 20.8 Å². The van der Waals surface area contributed by atoms with Gasteiger partial charge in [-0.1, -0.05) is 25.2 Å². The van der Waals surface area contributed by atoms with Crippen molar-refractivity contribution in [1.29, 1.82) is 0 Å². The molecule has 0 radical (unpaired) electrons. The highest BCUT2D eigenvalue weighted by Gasteiger charge is 2.35. The van der Waals surface area contributed by atoms with Crippen LogP contribution in [0.4, 0.5) is 5.13 Å². The van der Waals surface area contributed by atoms with E-state index >= 15 is 0 Å². The number of nitrogens with zero attached hydrogens (tertiary/aromatic N) is 2. The average molecular weight is 314 g/mol. The van der Waals surface area contributed by atoms with Crippen LogP contribution in [0.5, 0.6) is 0 Å². The minimum absolute atomic E-state index is 0.0271. The molecule has 110 valence electrons. The average Bonchev–Trinajstić information content (AvgIpc) is 2.71. The molecule has 0 spiro atoms. The summed E-state index contributed by atoms with van der Waals surface area (Å²) in [5.41, 5.74) is 0.861. The molecular formula is C13H18N2O3S2. The molecule has 0 atom stereocenters. The van der Waals surface area contributed by atoms with Crippen LogP contribution in [0.2, 0.25) is 0 Å². The van der Waals surface area contributed by atoms with E-state index in [9.17, 15) is 13.2 Å². The summed E-state index contributed by atoms with van der Waals surface area (Å²) in [4.78, 5) is 19.5. The van der Waals surface area contributed by atoms with E-state index < -0.39 is 9.84 Å². The highest BCUT2D eigenvalue weighted by atomic mass is 32.2. The number of carbonyl (C=O) groups excluding carboxylic acids is 1. The van der Waals surface area contributed by atoms with Crippen LogP contribution in [0.15, 0.2) is 0 Å². The lowest BCUT2D eigenvalue weighted by Crippen LogP contribution is -2.40. The zero-order valence-electron chi connectivity index (χ0n) is 11.7. The lowest BCUT2D eigenvalue weighted by Gasteiger charge is -2.27. The third-order valence-electron chi connectivity index (χ3n) is 3.84. The van der Waals surface area contributed by atoms with E-state index in [1.165, 1.54) is 11.3 Å². The van der Waals surface area contributed by atoms with Crippen LogP contribution >= 0.6 is 11.3 Å². The Balaban J connectivity index is 1.86. The number of Topliss-reactive ketones (excluding diaryl/α,β-unsaturated/α-hetero) is 1.